The smallest absolute Gasteiger partial charge is 0.325 e. The Bertz CT molecular complexity index is 1180. The Morgan fingerprint density at radius 2 is 1.90 bits per heavy atom. The van der Waals surface area contributed by atoms with Crippen LogP contribution in [0.25, 0.3) is 4.91 Å². The third-order valence-electron chi connectivity index (χ3n) is 5.92. The number of sulfonamides is 1. The Labute approximate surface area is 182 Å². The predicted octanol–water partition coefficient (Wildman–Crippen LogP) is 3.58. The third-order valence-corrected chi connectivity index (χ3v) is 9.60. The maximum Gasteiger partial charge on any atom is 0.325 e. The molecule has 3 N–H and O–H groups in total. The van der Waals surface area contributed by atoms with Gasteiger partial charge < -0.3 is 10.2 Å². The number of phenolic OH excluding ortho intramolecular Hbond substituents is 1. The normalized spacial score (nSPS) is 27.7. The van der Waals surface area contributed by atoms with Gasteiger partial charge in [0.2, 0.25) is 10.0 Å². The maximum absolute atomic E-state index is 13.6. The zero-order chi connectivity index (χ0) is 22.6. The SMILES string of the molecule is C[C@]1(c2ccccc2)C[C@@]1(NS(=O)(=O)C1CC=C(c2cc(O)c(F)c(F)c2)S1)C(=O)O. The molecule has 2 aromatic carbocycles. The van der Waals surface area contributed by atoms with Crippen LogP contribution in [0.15, 0.2) is 48.5 Å². The average Bonchev–Trinajstić information content (AvgIpc) is 3.09. The van der Waals surface area contributed by atoms with E-state index in [1.807, 2.05) is 0 Å². The Kier molecular flexibility index (Phi) is 5.14. The number of hydrogen-bond donors (Lipinski definition) is 3. The molecular weight excluding hydrogens is 448 g/mol. The van der Waals surface area contributed by atoms with Gasteiger partial charge in [-0.05, 0) is 36.1 Å². The highest BCUT2D eigenvalue weighted by atomic mass is 32.3. The zero-order valence-electron chi connectivity index (χ0n) is 16.3. The van der Waals surface area contributed by atoms with Gasteiger partial charge >= 0.3 is 5.97 Å². The molecule has 0 radical (unpaired) electrons. The molecule has 6 nitrogen and oxygen atoms in total. The summed E-state index contributed by atoms with van der Waals surface area (Å²) in [6.45, 7) is 1.70. The molecule has 0 saturated heterocycles. The monoisotopic (exact) mass is 467 g/mol. The second-order valence-corrected chi connectivity index (χ2v) is 11.3. The molecule has 4 rings (SSSR count). The van der Waals surface area contributed by atoms with Crippen LogP contribution in [0.1, 0.15) is 30.9 Å². The Balaban J connectivity index is 1.56. The van der Waals surface area contributed by atoms with Crippen LogP contribution in [0.3, 0.4) is 0 Å². The minimum Gasteiger partial charge on any atom is -0.505 e. The molecule has 1 aliphatic carbocycles. The number of thioether (sulfide) groups is 1. The molecule has 1 aliphatic heterocycles. The van der Waals surface area contributed by atoms with Gasteiger partial charge in [0.1, 0.15) is 10.1 Å². The fraction of sp³-hybridized carbons (Fsp3) is 0.286. The minimum atomic E-state index is -4.10. The van der Waals surface area contributed by atoms with Crippen LogP contribution in [0, 0.1) is 11.6 Å². The lowest BCUT2D eigenvalue weighted by atomic mass is 9.93. The van der Waals surface area contributed by atoms with E-state index >= 15 is 0 Å². The summed E-state index contributed by atoms with van der Waals surface area (Å²) in [6, 6.07) is 10.7. The van der Waals surface area contributed by atoms with E-state index in [1.54, 1.807) is 37.3 Å². The van der Waals surface area contributed by atoms with Crippen LogP contribution >= 0.6 is 11.8 Å². The number of benzene rings is 2. The van der Waals surface area contributed by atoms with Crippen molar-refractivity contribution in [2.24, 2.45) is 0 Å². The lowest BCUT2D eigenvalue weighted by molar-refractivity contribution is -0.140. The fourth-order valence-corrected chi connectivity index (χ4v) is 7.22. The molecule has 1 saturated carbocycles. The van der Waals surface area contributed by atoms with E-state index in [4.69, 9.17) is 0 Å². The van der Waals surface area contributed by atoms with E-state index in [9.17, 15) is 32.2 Å². The van der Waals surface area contributed by atoms with Crippen molar-refractivity contribution < 1.29 is 32.2 Å². The van der Waals surface area contributed by atoms with Gasteiger partial charge in [-0.2, -0.15) is 9.11 Å². The van der Waals surface area contributed by atoms with Crippen molar-refractivity contribution in [2.45, 2.75) is 35.3 Å². The molecular formula is C21H19F2NO5S2. The number of allylic oxidation sites excluding steroid dienone is 1. The van der Waals surface area contributed by atoms with E-state index in [2.05, 4.69) is 4.72 Å². The summed E-state index contributed by atoms with van der Waals surface area (Å²) in [5.41, 5.74) is -1.71. The van der Waals surface area contributed by atoms with E-state index in [0.29, 0.717) is 4.91 Å². The van der Waals surface area contributed by atoms with Gasteiger partial charge in [0.15, 0.2) is 17.4 Å². The predicted molar refractivity (Wildman–Crippen MR) is 113 cm³/mol. The summed E-state index contributed by atoms with van der Waals surface area (Å²) >= 11 is 0.888. The number of halogens is 2. The van der Waals surface area contributed by atoms with Crippen molar-refractivity contribution in [1.82, 2.24) is 4.72 Å². The number of rotatable bonds is 6. The van der Waals surface area contributed by atoms with Gasteiger partial charge in [-0.3, -0.25) is 4.79 Å². The van der Waals surface area contributed by atoms with Crippen LogP contribution in [-0.2, 0) is 20.2 Å². The Morgan fingerprint density at radius 1 is 1.23 bits per heavy atom. The summed E-state index contributed by atoms with van der Waals surface area (Å²) in [5.74, 6) is -4.76. The van der Waals surface area contributed by atoms with Crippen molar-refractivity contribution in [3.05, 3.63) is 71.3 Å². The number of phenols is 1. The first kappa shape index (κ1) is 21.8. The molecule has 1 heterocycles. The van der Waals surface area contributed by atoms with Crippen LogP contribution < -0.4 is 4.72 Å². The number of nitrogens with one attached hydrogen (secondary N) is 1. The molecule has 2 aromatic rings. The second-order valence-electron chi connectivity index (χ2n) is 7.88. The molecule has 1 unspecified atom stereocenters. The highest BCUT2D eigenvalue weighted by Gasteiger charge is 2.72. The molecule has 31 heavy (non-hydrogen) atoms. The van der Waals surface area contributed by atoms with E-state index in [0.717, 1.165) is 29.5 Å². The van der Waals surface area contributed by atoms with E-state index in [1.165, 1.54) is 6.08 Å². The molecule has 0 aromatic heterocycles. The summed E-state index contributed by atoms with van der Waals surface area (Å²) in [5, 5.41) is 19.4. The quantitative estimate of drug-likeness (QED) is 0.600. The molecule has 3 atom stereocenters. The van der Waals surface area contributed by atoms with Crippen molar-refractivity contribution in [3.63, 3.8) is 0 Å². The zero-order valence-corrected chi connectivity index (χ0v) is 17.9. The number of hydrogen-bond acceptors (Lipinski definition) is 5. The Morgan fingerprint density at radius 3 is 2.52 bits per heavy atom. The van der Waals surface area contributed by atoms with Crippen molar-refractivity contribution in [2.75, 3.05) is 0 Å². The third kappa shape index (κ3) is 3.52. The van der Waals surface area contributed by atoms with Crippen molar-refractivity contribution in [1.29, 1.82) is 0 Å². The van der Waals surface area contributed by atoms with Gasteiger partial charge in [-0.15, -0.1) is 11.8 Å². The number of aromatic hydroxyl groups is 1. The molecule has 0 spiro atoms. The Hall–Kier alpha value is -2.43. The number of carboxylic acid groups (broad SMARTS) is 1. The largest absolute Gasteiger partial charge is 0.505 e. The number of carboxylic acids is 1. The van der Waals surface area contributed by atoms with Crippen molar-refractivity contribution in [3.8, 4) is 5.75 Å². The van der Waals surface area contributed by atoms with Gasteiger partial charge in [0.05, 0.1) is 0 Å². The topological polar surface area (TPSA) is 104 Å². The van der Waals surface area contributed by atoms with E-state index < -0.39 is 48.9 Å². The minimum absolute atomic E-state index is 0.0485. The highest BCUT2D eigenvalue weighted by Crippen LogP contribution is 2.58. The summed E-state index contributed by atoms with van der Waals surface area (Å²) in [7, 11) is -4.10. The van der Waals surface area contributed by atoms with Crippen LogP contribution in [0.5, 0.6) is 5.75 Å². The molecule has 164 valence electrons. The molecule has 0 amide bonds. The lowest BCUT2D eigenvalue weighted by Crippen LogP contribution is -2.50. The lowest BCUT2D eigenvalue weighted by Gasteiger charge is -2.23. The maximum atomic E-state index is 13.6. The molecule has 1 fully saturated rings. The van der Waals surface area contributed by atoms with E-state index in [-0.39, 0.29) is 18.4 Å². The fourth-order valence-electron chi connectivity index (χ4n) is 3.99. The van der Waals surface area contributed by atoms with Crippen LogP contribution in [-0.4, -0.2) is 34.7 Å². The summed E-state index contributed by atoms with van der Waals surface area (Å²) in [4.78, 5) is 12.5. The van der Waals surface area contributed by atoms with Crippen LogP contribution in [0.4, 0.5) is 8.78 Å². The first-order valence-corrected chi connectivity index (χ1v) is 11.8. The van der Waals surface area contributed by atoms with Crippen molar-refractivity contribution >= 4 is 32.7 Å². The van der Waals surface area contributed by atoms with Gasteiger partial charge in [0.25, 0.3) is 0 Å². The molecule has 2 aliphatic rings. The standard InChI is InChI=1S/C21H19F2NO5S2/c1-20(13-5-3-2-4-6-13)11-21(20,19(26)27)24-31(28,29)17-8-7-16(30-17)12-9-14(22)18(23)15(25)10-12/h2-7,9-10,17,24-25H,8,11H2,1H3,(H,26,27)/t17?,20-,21-/m1/s1. The summed E-state index contributed by atoms with van der Waals surface area (Å²) in [6.07, 6.45) is 1.69. The highest BCUT2D eigenvalue weighted by molar-refractivity contribution is 8.18. The van der Waals surface area contributed by atoms with Crippen LogP contribution in [0.2, 0.25) is 0 Å². The first-order valence-electron chi connectivity index (χ1n) is 9.37. The number of aliphatic carboxylic acids is 1. The summed E-state index contributed by atoms with van der Waals surface area (Å²) < 4.78 is 54.5. The van der Waals surface area contributed by atoms with Gasteiger partial charge in [-0.1, -0.05) is 43.3 Å². The number of carbonyl (C=O) groups is 1. The average molecular weight is 468 g/mol. The molecule has 10 heteroatoms. The first-order chi connectivity index (χ1) is 14.5. The molecule has 0 bridgehead atoms. The van der Waals surface area contributed by atoms with Gasteiger partial charge in [0, 0.05) is 10.3 Å². The van der Waals surface area contributed by atoms with Gasteiger partial charge in [-0.25, -0.2) is 12.8 Å². The second kappa shape index (κ2) is 7.32.